The summed E-state index contributed by atoms with van der Waals surface area (Å²) in [6.45, 7) is 32.4. The van der Waals surface area contributed by atoms with E-state index in [0.29, 0.717) is 0 Å². The Balaban J connectivity index is 1.44. The monoisotopic (exact) mass is 801 g/mol. The lowest BCUT2D eigenvalue weighted by molar-refractivity contribution is 0.475. The summed E-state index contributed by atoms with van der Waals surface area (Å²) < 4.78 is 0. The van der Waals surface area contributed by atoms with Crippen molar-refractivity contribution in [3.63, 3.8) is 0 Å². The molecule has 0 aliphatic heterocycles. The van der Waals surface area contributed by atoms with Crippen LogP contribution in [0.4, 0.5) is 34.1 Å². The first-order valence-electron chi connectivity index (χ1n) is 22.5. The molecule has 0 heterocycles. The third kappa shape index (κ3) is 6.78. The SMILES string of the molecule is Cc1ccc(N(c2cc(C(C)(C)C)ccc2C)c2cc(C)c3ccc4c(N(c5cccc(C(C)(C)C)c5)c5ccc(C)cc5C)cc5c6c(cc2c3c46)C(C)(C)CC5)c(C)c1. The van der Waals surface area contributed by atoms with E-state index in [9.17, 15) is 0 Å². The molecule has 61 heavy (non-hydrogen) atoms. The second kappa shape index (κ2) is 14.2. The van der Waals surface area contributed by atoms with Crippen molar-refractivity contribution in [3.8, 4) is 0 Å². The Morgan fingerprint density at radius 1 is 0.443 bits per heavy atom. The third-order valence-corrected chi connectivity index (χ3v) is 13.9. The van der Waals surface area contributed by atoms with E-state index in [-0.39, 0.29) is 16.2 Å². The second-order valence-corrected chi connectivity index (χ2v) is 21.2. The third-order valence-electron chi connectivity index (χ3n) is 13.9. The Labute approximate surface area is 365 Å². The van der Waals surface area contributed by atoms with Gasteiger partial charge in [0.05, 0.1) is 11.4 Å². The highest BCUT2D eigenvalue weighted by atomic mass is 15.2. The Hall–Kier alpha value is -5.60. The number of aryl methyl sites for hydroxylation is 7. The molecule has 1 aliphatic rings. The Kier molecular flexibility index (Phi) is 9.52. The van der Waals surface area contributed by atoms with E-state index >= 15 is 0 Å². The molecule has 2 heteroatoms. The number of benzene rings is 8. The summed E-state index contributed by atoms with van der Waals surface area (Å²) in [4.78, 5) is 5.17. The Morgan fingerprint density at radius 2 is 1.05 bits per heavy atom. The largest absolute Gasteiger partial charge is 0.310 e. The van der Waals surface area contributed by atoms with Crippen molar-refractivity contribution in [3.05, 3.63) is 165 Å². The summed E-state index contributed by atoms with van der Waals surface area (Å²) in [7, 11) is 0. The van der Waals surface area contributed by atoms with Crippen LogP contribution in [0, 0.1) is 41.5 Å². The lowest BCUT2D eigenvalue weighted by Crippen LogP contribution is -2.24. The summed E-state index contributed by atoms with van der Waals surface area (Å²) in [6, 6.07) is 42.8. The van der Waals surface area contributed by atoms with Crippen molar-refractivity contribution in [2.75, 3.05) is 9.80 Å². The predicted octanol–water partition coefficient (Wildman–Crippen LogP) is 17.2. The summed E-state index contributed by atoms with van der Waals surface area (Å²) >= 11 is 0. The average molecular weight is 801 g/mol. The van der Waals surface area contributed by atoms with Crippen LogP contribution in [0.2, 0.25) is 0 Å². The van der Waals surface area contributed by atoms with E-state index in [1.807, 2.05) is 0 Å². The first kappa shape index (κ1) is 40.8. The maximum atomic E-state index is 2.61. The van der Waals surface area contributed by atoms with Crippen LogP contribution in [0.15, 0.2) is 109 Å². The second-order valence-electron chi connectivity index (χ2n) is 21.2. The minimum atomic E-state index is 0.00406. The van der Waals surface area contributed by atoms with Gasteiger partial charge in [-0.15, -0.1) is 0 Å². The van der Waals surface area contributed by atoms with Gasteiger partial charge in [-0.1, -0.05) is 127 Å². The maximum absolute atomic E-state index is 2.61. The summed E-state index contributed by atoms with van der Waals surface area (Å²) in [5.74, 6) is 0. The van der Waals surface area contributed by atoms with E-state index in [0.717, 1.165) is 12.8 Å². The number of nitrogens with zero attached hydrogens (tertiary/aromatic N) is 2. The molecular weight excluding hydrogens is 737 g/mol. The fourth-order valence-corrected chi connectivity index (χ4v) is 10.3. The van der Waals surface area contributed by atoms with Crippen molar-refractivity contribution < 1.29 is 0 Å². The van der Waals surface area contributed by atoms with Crippen molar-refractivity contribution in [1.29, 1.82) is 0 Å². The van der Waals surface area contributed by atoms with E-state index in [1.165, 1.54) is 122 Å². The molecule has 0 aromatic heterocycles. The summed E-state index contributed by atoms with van der Waals surface area (Å²) in [5, 5.41) is 8.18. The van der Waals surface area contributed by atoms with Crippen LogP contribution in [0.1, 0.15) is 117 Å². The van der Waals surface area contributed by atoms with Gasteiger partial charge in [-0.3, -0.25) is 0 Å². The van der Waals surface area contributed by atoms with Crippen molar-refractivity contribution in [2.24, 2.45) is 0 Å². The van der Waals surface area contributed by atoms with Crippen LogP contribution in [0.25, 0.3) is 32.3 Å². The van der Waals surface area contributed by atoms with E-state index in [4.69, 9.17) is 0 Å². The van der Waals surface area contributed by atoms with Gasteiger partial charge in [0.25, 0.3) is 0 Å². The fraction of sp³-hybridized carbons (Fsp3) is 0.322. The van der Waals surface area contributed by atoms with Crippen molar-refractivity contribution in [1.82, 2.24) is 0 Å². The van der Waals surface area contributed by atoms with Gasteiger partial charge in [0, 0.05) is 38.9 Å². The van der Waals surface area contributed by atoms with E-state index in [1.54, 1.807) is 0 Å². The highest BCUT2D eigenvalue weighted by Crippen LogP contribution is 2.54. The van der Waals surface area contributed by atoms with Crippen LogP contribution in [-0.2, 0) is 22.7 Å². The van der Waals surface area contributed by atoms with Crippen molar-refractivity contribution in [2.45, 2.75) is 126 Å². The molecule has 0 radical (unpaired) electrons. The van der Waals surface area contributed by atoms with Crippen LogP contribution in [0.3, 0.4) is 0 Å². The number of rotatable bonds is 6. The zero-order chi connectivity index (χ0) is 43.5. The van der Waals surface area contributed by atoms with E-state index in [2.05, 4.69) is 216 Å². The molecule has 1 aliphatic carbocycles. The fourth-order valence-electron chi connectivity index (χ4n) is 10.3. The average Bonchev–Trinajstić information content (AvgIpc) is 3.18. The number of hydrogen-bond acceptors (Lipinski definition) is 2. The minimum Gasteiger partial charge on any atom is -0.310 e. The quantitative estimate of drug-likeness (QED) is 0.155. The lowest BCUT2D eigenvalue weighted by Gasteiger charge is -2.37. The predicted molar refractivity (Wildman–Crippen MR) is 267 cm³/mol. The minimum absolute atomic E-state index is 0.00406. The molecule has 0 fully saturated rings. The molecule has 0 spiro atoms. The van der Waals surface area contributed by atoms with Crippen LogP contribution in [0.5, 0.6) is 0 Å². The number of hydrogen-bond donors (Lipinski definition) is 0. The van der Waals surface area contributed by atoms with Crippen LogP contribution < -0.4 is 9.80 Å². The molecule has 0 saturated carbocycles. The molecule has 8 aromatic carbocycles. The Bertz CT molecular complexity index is 3030. The van der Waals surface area contributed by atoms with Crippen molar-refractivity contribution >= 4 is 66.4 Å². The highest BCUT2D eigenvalue weighted by Gasteiger charge is 2.34. The van der Waals surface area contributed by atoms with E-state index < -0.39 is 0 Å². The smallest absolute Gasteiger partial charge is 0.0543 e. The van der Waals surface area contributed by atoms with Gasteiger partial charge in [0.1, 0.15) is 0 Å². The standard InChI is InChI=1S/C59H64N2/c1-35-18-24-49(39(5)28-35)60(44-17-15-16-42(32-44)57(7,8)9)53-31-41-26-27-59(13,14)48-34-47-52(30-38(4)45-22-23-46(53)56(54(41)48)55(45)47)61(50-25-19-36(2)29-40(50)6)51-33-43(58(10,11)12)21-20-37(51)3/h15-25,28-34H,26-27H2,1-14H3. The lowest BCUT2D eigenvalue weighted by atomic mass is 9.70. The molecule has 0 N–H and O–H groups in total. The molecule has 8 aromatic rings. The zero-order valence-electron chi connectivity index (χ0n) is 39.2. The molecule has 0 amide bonds. The van der Waals surface area contributed by atoms with Gasteiger partial charge < -0.3 is 9.80 Å². The topological polar surface area (TPSA) is 6.48 Å². The summed E-state index contributed by atoms with van der Waals surface area (Å²) in [6.07, 6.45) is 2.14. The molecule has 9 rings (SSSR count). The molecular formula is C59H64N2. The van der Waals surface area contributed by atoms with Crippen LogP contribution in [-0.4, -0.2) is 0 Å². The molecule has 0 saturated heterocycles. The van der Waals surface area contributed by atoms with Gasteiger partial charge in [0.15, 0.2) is 0 Å². The molecule has 0 atom stereocenters. The zero-order valence-corrected chi connectivity index (χ0v) is 39.2. The molecule has 0 unspecified atom stereocenters. The van der Waals surface area contributed by atoms with Gasteiger partial charge in [0.2, 0.25) is 0 Å². The summed E-state index contributed by atoms with van der Waals surface area (Å²) in [5.41, 5.74) is 20.7. The Morgan fingerprint density at radius 3 is 1.69 bits per heavy atom. The first-order chi connectivity index (χ1) is 28.7. The maximum Gasteiger partial charge on any atom is 0.0543 e. The van der Waals surface area contributed by atoms with Gasteiger partial charge >= 0.3 is 0 Å². The highest BCUT2D eigenvalue weighted by molar-refractivity contribution is 6.30. The van der Waals surface area contributed by atoms with Crippen LogP contribution >= 0.6 is 0 Å². The van der Waals surface area contributed by atoms with Gasteiger partial charge in [-0.25, -0.2) is 0 Å². The van der Waals surface area contributed by atoms with Gasteiger partial charge in [-0.2, -0.15) is 0 Å². The van der Waals surface area contributed by atoms with Gasteiger partial charge in [-0.05, 0) is 180 Å². The molecule has 0 bridgehead atoms. The molecule has 310 valence electrons. The molecule has 2 nitrogen and oxygen atoms in total. The normalized spacial score (nSPS) is 14.1. The first-order valence-corrected chi connectivity index (χ1v) is 22.5. The number of anilines is 6.